The van der Waals surface area contributed by atoms with Gasteiger partial charge < -0.3 is 10.4 Å². The molecule has 2 aromatic rings. The molecule has 3 rings (SSSR count). The molecule has 2 unspecified atom stereocenters. The zero-order valence-corrected chi connectivity index (χ0v) is 12.4. The summed E-state index contributed by atoms with van der Waals surface area (Å²) >= 11 is 0. The minimum atomic E-state index is -0.551. The zero-order chi connectivity index (χ0) is 16.4. The first-order valence-corrected chi connectivity index (χ1v) is 7.59. The molecule has 1 aliphatic carbocycles. The molecule has 0 spiro atoms. The van der Waals surface area contributed by atoms with Gasteiger partial charge in [-0.2, -0.15) is 0 Å². The van der Waals surface area contributed by atoms with Crippen LogP contribution in [0, 0.1) is 10.1 Å². The minimum Gasteiger partial charge on any atom is -0.391 e. The number of fused-ring (bicyclic) bond motifs is 1. The Morgan fingerprint density at radius 2 is 2.09 bits per heavy atom. The second-order valence-corrected chi connectivity index (χ2v) is 5.72. The average Bonchev–Trinajstić information content (AvgIpc) is 2.55. The molecule has 1 amide bonds. The van der Waals surface area contributed by atoms with Crippen molar-refractivity contribution in [2.24, 2.45) is 0 Å². The van der Waals surface area contributed by atoms with Crippen molar-refractivity contribution in [1.82, 2.24) is 10.3 Å². The quantitative estimate of drug-likeness (QED) is 0.667. The zero-order valence-electron chi connectivity index (χ0n) is 12.4. The van der Waals surface area contributed by atoms with Crippen molar-refractivity contribution in [1.29, 1.82) is 0 Å². The van der Waals surface area contributed by atoms with Crippen LogP contribution in [0.5, 0.6) is 0 Å². The van der Waals surface area contributed by atoms with Crippen LogP contribution in [0.4, 0.5) is 5.69 Å². The van der Waals surface area contributed by atoms with Crippen molar-refractivity contribution in [2.45, 2.75) is 37.8 Å². The molecule has 0 saturated heterocycles. The number of aliphatic hydroxyl groups excluding tert-OH is 1. The number of benzene rings is 1. The Hall–Kier alpha value is -2.54. The lowest BCUT2D eigenvalue weighted by Gasteiger charge is -2.28. The van der Waals surface area contributed by atoms with Crippen LogP contribution in [-0.2, 0) is 0 Å². The van der Waals surface area contributed by atoms with Gasteiger partial charge in [-0.3, -0.25) is 19.9 Å². The van der Waals surface area contributed by atoms with E-state index in [-0.39, 0.29) is 23.2 Å². The Labute approximate surface area is 132 Å². The van der Waals surface area contributed by atoms with E-state index >= 15 is 0 Å². The highest BCUT2D eigenvalue weighted by Crippen LogP contribution is 2.27. The summed E-state index contributed by atoms with van der Waals surface area (Å²) in [4.78, 5) is 27.3. The van der Waals surface area contributed by atoms with Crippen LogP contribution in [-0.4, -0.2) is 33.1 Å². The van der Waals surface area contributed by atoms with E-state index in [1.165, 1.54) is 18.3 Å². The second-order valence-electron chi connectivity index (χ2n) is 5.72. The number of hydrogen-bond acceptors (Lipinski definition) is 5. The molecule has 2 atom stereocenters. The maximum Gasteiger partial charge on any atom is 0.278 e. The lowest BCUT2D eigenvalue weighted by molar-refractivity contribution is -0.383. The molecule has 1 saturated carbocycles. The average molecular weight is 315 g/mol. The summed E-state index contributed by atoms with van der Waals surface area (Å²) in [5.74, 6) is -0.366. The Kier molecular flexibility index (Phi) is 4.20. The number of hydrogen-bond donors (Lipinski definition) is 2. The lowest BCUT2D eigenvalue weighted by Crippen LogP contribution is -2.45. The van der Waals surface area contributed by atoms with Crippen LogP contribution in [0.25, 0.3) is 10.9 Å². The van der Waals surface area contributed by atoms with Crippen molar-refractivity contribution in [3.8, 4) is 0 Å². The number of nitrogens with zero attached hydrogens (tertiary/aromatic N) is 2. The molecule has 7 nitrogen and oxygen atoms in total. The SMILES string of the molecule is O=C(NC1CCCCC1O)c1ccc([N+](=O)[O-])c2cccnc12. The number of rotatable bonds is 3. The Balaban J connectivity index is 1.95. The summed E-state index contributed by atoms with van der Waals surface area (Å²) in [5, 5.41) is 24.2. The molecule has 1 heterocycles. The maximum atomic E-state index is 12.5. The van der Waals surface area contributed by atoms with E-state index in [2.05, 4.69) is 10.3 Å². The number of non-ortho nitro benzene ring substituents is 1. The van der Waals surface area contributed by atoms with Crippen LogP contribution >= 0.6 is 0 Å². The number of aromatic nitrogens is 1. The summed E-state index contributed by atoms with van der Waals surface area (Å²) in [7, 11) is 0. The van der Waals surface area contributed by atoms with E-state index in [9.17, 15) is 20.0 Å². The van der Waals surface area contributed by atoms with Gasteiger partial charge in [0.15, 0.2) is 0 Å². The van der Waals surface area contributed by atoms with Crippen LogP contribution in [0.15, 0.2) is 30.5 Å². The van der Waals surface area contributed by atoms with Gasteiger partial charge in [-0.25, -0.2) is 0 Å². The van der Waals surface area contributed by atoms with Gasteiger partial charge in [0.05, 0.1) is 33.5 Å². The predicted molar refractivity (Wildman–Crippen MR) is 84.1 cm³/mol. The molecule has 2 N–H and O–H groups in total. The van der Waals surface area contributed by atoms with Crippen molar-refractivity contribution < 1.29 is 14.8 Å². The number of amides is 1. The molecule has 0 aliphatic heterocycles. The van der Waals surface area contributed by atoms with E-state index in [1.54, 1.807) is 12.1 Å². The highest BCUT2D eigenvalue weighted by atomic mass is 16.6. The van der Waals surface area contributed by atoms with Gasteiger partial charge in [-0.05, 0) is 31.0 Å². The molecular weight excluding hydrogens is 298 g/mol. The van der Waals surface area contributed by atoms with Crippen LogP contribution < -0.4 is 5.32 Å². The number of carbonyl (C=O) groups is 1. The van der Waals surface area contributed by atoms with Gasteiger partial charge in [-0.15, -0.1) is 0 Å². The number of aliphatic hydroxyl groups is 1. The van der Waals surface area contributed by atoms with Crippen LogP contribution in [0.3, 0.4) is 0 Å². The molecular formula is C16H17N3O4. The van der Waals surface area contributed by atoms with Gasteiger partial charge >= 0.3 is 0 Å². The predicted octanol–water partition coefficient (Wildman–Crippen LogP) is 2.18. The van der Waals surface area contributed by atoms with Gasteiger partial charge in [0.1, 0.15) is 0 Å². The molecule has 0 radical (unpaired) electrons. The largest absolute Gasteiger partial charge is 0.391 e. The van der Waals surface area contributed by atoms with Gasteiger partial charge in [0.25, 0.3) is 11.6 Å². The molecule has 23 heavy (non-hydrogen) atoms. The fourth-order valence-corrected chi connectivity index (χ4v) is 3.03. The normalized spacial score (nSPS) is 21.1. The fraction of sp³-hybridized carbons (Fsp3) is 0.375. The summed E-state index contributed by atoms with van der Waals surface area (Å²) in [5.41, 5.74) is 0.496. The molecule has 1 aliphatic rings. The van der Waals surface area contributed by atoms with Gasteiger partial charge in [0.2, 0.25) is 0 Å². The van der Waals surface area contributed by atoms with Gasteiger partial charge in [-0.1, -0.05) is 12.8 Å². The van der Waals surface area contributed by atoms with Crippen molar-refractivity contribution in [3.05, 3.63) is 46.1 Å². The topological polar surface area (TPSA) is 105 Å². The summed E-state index contributed by atoms with van der Waals surface area (Å²) in [6.07, 6.45) is 4.26. The van der Waals surface area contributed by atoms with Crippen molar-refractivity contribution >= 4 is 22.5 Å². The van der Waals surface area contributed by atoms with Crippen LogP contribution in [0.2, 0.25) is 0 Å². The van der Waals surface area contributed by atoms with E-state index in [0.29, 0.717) is 17.3 Å². The van der Waals surface area contributed by atoms with E-state index in [1.807, 2.05) is 0 Å². The number of carbonyl (C=O) groups excluding carboxylic acids is 1. The van der Waals surface area contributed by atoms with Crippen LogP contribution in [0.1, 0.15) is 36.0 Å². The molecule has 1 aromatic carbocycles. The van der Waals surface area contributed by atoms with Crippen molar-refractivity contribution in [3.63, 3.8) is 0 Å². The third-order valence-corrected chi connectivity index (χ3v) is 4.23. The first-order chi connectivity index (χ1) is 11.1. The first-order valence-electron chi connectivity index (χ1n) is 7.59. The monoisotopic (exact) mass is 315 g/mol. The minimum absolute atomic E-state index is 0.0812. The smallest absolute Gasteiger partial charge is 0.278 e. The maximum absolute atomic E-state index is 12.5. The van der Waals surface area contributed by atoms with E-state index in [0.717, 1.165) is 19.3 Å². The summed E-state index contributed by atoms with van der Waals surface area (Å²) in [6.45, 7) is 0. The number of pyridine rings is 1. The highest BCUT2D eigenvalue weighted by Gasteiger charge is 2.26. The summed E-state index contributed by atoms with van der Waals surface area (Å²) in [6, 6.07) is 5.62. The number of nitrogens with one attached hydrogen (secondary N) is 1. The molecule has 0 bridgehead atoms. The number of nitro benzene ring substituents is 1. The van der Waals surface area contributed by atoms with Crippen molar-refractivity contribution in [2.75, 3.05) is 0 Å². The fourth-order valence-electron chi connectivity index (χ4n) is 3.03. The molecule has 120 valence electrons. The number of nitro groups is 1. The molecule has 1 aromatic heterocycles. The molecule has 1 fully saturated rings. The van der Waals surface area contributed by atoms with E-state index < -0.39 is 11.0 Å². The van der Waals surface area contributed by atoms with E-state index in [4.69, 9.17) is 0 Å². The Morgan fingerprint density at radius 1 is 1.30 bits per heavy atom. The standard InChI is InChI=1S/C16H17N3O4/c20-14-6-2-1-5-12(14)18-16(21)11-7-8-13(19(22)23)10-4-3-9-17-15(10)11/h3-4,7-9,12,14,20H,1-2,5-6H2,(H,18,21). The Morgan fingerprint density at radius 3 is 2.83 bits per heavy atom. The molecule has 7 heteroatoms. The Bertz CT molecular complexity index is 762. The first kappa shape index (κ1) is 15.4. The summed E-state index contributed by atoms with van der Waals surface area (Å²) < 4.78 is 0. The second kappa shape index (κ2) is 6.29. The lowest BCUT2D eigenvalue weighted by atomic mass is 9.92. The third-order valence-electron chi connectivity index (χ3n) is 4.23. The van der Waals surface area contributed by atoms with Gasteiger partial charge in [0, 0.05) is 12.3 Å². The third kappa shape index (κ3) is 3.00. The highest BCUT2D eigenvalue weighted by molar-refractivity contribution is 6.07.